The Morgan fingerprint density at radius 3 is 2.85 bits per heavy atom. The predicted molar refractivity (Wildman–Crippen MR) is 78.1 cm³/mol. The zero-order valence-corrected chi connectivity index (χ0v) is 12.4. The second-order valence-electron chi connectivity index (χ2n) is 5.38. The van der Waals surface area contributed by atoms with Gasteiger partial charge in [0.15, 0.2) is 0 Å². The first-order chi connectivity index (χ1) is 9.58. The van der Waals surface area contributed by atoms with Crippen LogP contribution >= 0.6 is 11.6 Å². The van der Waals surface area contributed by atoms with Crippen LogP contribution in [0.4, 0.5) is 0 Å². The van der Waals surface area contributed by atoms with E-state index in [2.05, 4.69) is 5.32 Å². The number of aliphatic hydroxyl groups is 1. The summed E-state index contributed by atoms with van der Waals surface area (Å²) < 4.78 is 5.23. The summed E-state index contributed by atoms with van der Waals surface area (Å²) in [5, 5.41) is 12.5. The van der Waals surface area contributed by atoms with Crippen LogP contribution in [-0.4, -0.2) is 31.3 Å². The number of aliphatic hydroxyl groups excluding tert-OH is 1. The third-order valence-electron chi connectivity index (χ3n) is 3.85. The molecule has 5 heteroatoms. The van der Waals surface area contributed by atoms with Gasteiger partial charge in [-0.3, -0.25) is 4.79 Å². The van der Waals surface area contributed by atoms with E-state index in [0.29, 0.717) is 17.3 Å². The molecule has 110 valence electrons. The van der Waals surface area contributed by atoms with Crippen molar-refractivity contribution in [3.8, 4) is 5.75 Å². The molecule has 2 rings (SSSR count). The quantitative estimate of drug-likeness (QED) is 0.811. The molecule has 20 heavy (non-hydrogen) atoms. The summed E-state index contributed by atoms with van der Waals surface area (Å²) in [4.78, 5) is 12.0. The highest BCUT2D eigenvalue weighted by atomic mass is 35.5. The van der Waals surface area contributed by atoms with E-state index in [4.69, 9.17) is 21.4 Å². The molecule has 1 aliphatic rings. The number of rotatable bonds is 7. The van der Waals surface area contributed by atoms with Crippen LogP contribution in [0.1, 0.15) is 24.8 Å². The third-order valence-corrected chi connectivity index (χ3v) is 4.09. The topological polar surface area (TPSA) is 58.6 Å². The number of hydrogen-bond acceptors (Lipinski definition) is 3. The summed E-state index contributed by atoms with van der Waals surface area (Å²) in [5.74, 6) is 0.621. The van der Waals surface area contributed by atoms with Crippen molar-refractivity contribution >= 4 is 17.5 Å². The fraction of sp³-hybridized carbons (Fsp3) is 0.533. The van der Waals surface area contributed by atoms with Crippen LogP contribution < -0.4 is 10.1 Å². The molecule has 0 saturated heterocycles. The number of nitrogens with one attached hydrogen (secondary N) is 1. The van der Waals surface area contributed by atoms with E-state index in [9.17, 15) is 4.79 Å². The van der Waals surface area contributed by atoms with Gasteiger partial charge in [0.1, 0.15) is 5.75 Å². The molecule has 1 fully saturated rings. The summed E-state index contributed by atoms with van der Waals surface area (Å²) >= 11 is 5.94. The Hall–Kier alpha value is -1.26. The SMILES string of the molecule is COc1ccc(Cl)cc1CC(=O)NCC1(CCO)CC1. The van der Waals surface area contributed by atoms with E-state index >= 15 is 0 Å². The Morgan fingerprint density at radius 2 is 2.25 bits per heavy atom. The van der Waals surface area contributed by atoms with Gasteiger partial charge in [-0.25, -0.2) is 0 Å². The maximum Gasteiger partial charge on any atom is 0.224 e. The minimum absolute atomic E-state index is 0.0465. The molecule has 1 amide bonds. The molecule has 0 atom stereocenters. The first kappa shape index (κ1) is 15.1. The minimum Gasteiger partial charge on any atom is -0.496 e. The van der Waals surface area contributed by atoms with Crippen molar-refractivity contribution in [1.82, 2.24) is 5.32 Å². The van der Waals surface area contributed by atoms with Crippen LogP contribution in [-0.2, 0) is 11.2 Å². The van der Waals surface area contributed by atoms with E-state index in [1.807, 2.05) is 0 Å². The molecule has 2 N–H and O–H groups in total. The van der Waals surface area contributed by atoms with Crippen molar-refractivity contribution in [3.63, 3.8) is 0 Å². The Kier molecular flexibility index (Phi) is 4.89. The molecule has 1 aromatic rings. The smallest absolute Gasteiger partial charge is 0.224 e. The fourth-order valence-electron chi connectivity index (χ4n) is 2.34. The Bertz CT molecular complexity index is 486. The van der Waals surface area contributed by atoms with Crippen LogP contribution in [0.25, 0.3) is 0 Å². The Labute approximate surface area is 124 Å². The van der Waals surface area contributed by atoms with Crippen LogP contribution in [0.5, 0.6) is 5.75 Å². The molecule has 0 radical (unpaired) electrons. The molecule has 1 aromatic carbocycles. The van der Waals surface area contributed by atoms with Gasteiger partial charge in [0, 0.05) is 23.7 Å². The van der Waals surface area contributed by atoms with Gasteiger partial charge in [-0.05, 0) is 42.9 Å². The van der Waals surface area contributed by atoms with E-state index in [1.165, 1.54) is 0 Å². The summed E-state index contributed by atoms with van der Waals surface area (Å²) in [6, 6.07) is 5.25. The number of ether oxygens (including phenoxy) is 1. The zero-order valence-electron chi connectivity index (χ0n) is 11.6. The summed E-state index contributed by atoms with van der Waals surface area (Å²) in [7, 11) is 1.57. The highest BCUT2D eigenvalue weighted by Gasteiger charge is 2.41. The lowest BCUT2D eigenvalue weighted by molar-refractivity contribution is -0.120. The summed E-state index contributed by atoms with van der Waals surface area (Å²) in [6.07, 6.45) is 3.16. The van der Waals surface area contributed by atoms with Crippen LogP contribution in [0.2, 0.25) is 5.02 Å². The predicted octanol–water partition coefficient (Wildman–Crippen LogP) is 2.17. The van der Waals surface area contributed by atoms with Crippen molar-refractivity contribution in [2.45, 2.75) is 25.7 Å². The number of benzene rings is 1. The van der Waals surface area contributed by atoms with Crippen LogP contribution in [0.3, 0.4) is 0 Å². The van der Waals surface area contributed by atoms with E-state index in [0.717, 1.165) is 24.8 Å². The Morgan fingerprint density at radius 1 is 1.50 bits per heavy atom. The molecule has 1 aliphatic carbocycles. The van der Waals surface area contributed by atoms with Gasteiger partial charge in [0.05, 0.1) is 13.5 Å². The number of carbonyl (C=O) groups is 1. The van der Waals surface area contributed by atoms with E-state index in [-0.39, 0.29) is 24.3 Å². The average Bonchev–Trinajstić information content (AvgIpc) is 3.18. The normalized spacial score (nSPS) is 15.8. The Balaban J connectivity index is 1.90. The maximum absolute atomic E-state index is 12.0. The first-order valence-corrected chi connectivity index (χ1v) is 7.16. The van der Waals surface area contributed by atoms with Gasteiger partial charge in [-0.15, -0.1) is 0 Å². The number of halogens is 1. The number of carbonyl (C=O) groups excluding carboxylic acids is 1. The molecule has 1 saturated carbocycles. The summed E-state index contributed by atoms with van der Waals surface area (Å²) in [5.41, 5.74) is 0.910. The highest BCUT2D eigenvalue weighted by Crippen LogP contribution is 2.47. The third kappa shape index (κ3) is 3.87. The van der Waals surface area contributed by atoms with Crippen LogP contribution in [0.15, 0.2) is 18.2 Å². The lowest BCUT2D eigenvalue weighted by Gasteiger charge is -2.15. The second kappa shape index (κ2) is 6.46. The molecule has 4 nitrogen and oxygen atoms in total. The van der Waals surface area contributed by atoms with Gasteiger partial charge < -0.3 is 15.2 Å². The summed E-state index contributed by atoms with van der Waals surface area (Å²) in [6.45, 7) is 0.813. The molecule has 0 aromatic heterocycles. The molecule has 0 aliphatic heterocycles. The van der Waals surface area contributed by atoms with E-state index < -0.39 is 0 Å². The zero-order chi connectivity index (χ0) is 14.6. The monoisotopic (exact) mass is 297 g/mol. The first-order valence-electron chi connectivity index (χ1n) is 6.78. The van der Waals surface area contributed by atoms with Crippen molar-refractivity contribution in [1.29, 1.82) is 0 Å². The molecular formula is C15H20ClNO3. The minimum atomic E-state index is -0.0465. The van der Waals surface area contributed by atoms with Crippen LogP contribution in [0, 0.1) is 5.41 Å². The lowest BCUT2D eigenvalue weighted by Crippen LogP contribution is -2.31. The van der Waals surface area contributed by atoms with Gasteiger partial charge in [-0.1, -0.05) is 11.6 Å². The average molecular weight is 298 g/mol. The van der Waals surface area contributed by atoms with Crippen molar-refractivity contribution in [2.24, 2.45) is 5.41 Å². The number of hydrogen-bond donors (Lipinski definition) is 2. The van der Waals surface area contributed by atoms with Gasteiger partial charge >= 0.3 is 0 Å². The largest absolute Gasteiger partial charge is 0.496 e. The number of amides is 1. The molecule has 0 bridgehead atoms. The van der Waals surface area contributed by atoms with Gasteiger partial charge in [0.25, 0.3) is 0 Å². The number of methoxy groups -OCH3 is 1. The molecule has 0 heterocycles. The van der Waals surface area contributed by atoms with Crippen molar-refractivity contribution in [2.75, 3.05) is 20.3 Å². The maximum atomic E-state index is 12.0. The van der Waals surface area contributed by atoms with Gasteiger partial charge in [-0.2, -0.15) is 0 Å². The molecule has 0 unspecified atom stereocenters. The van der Waals surface area contributed by atoms with Crippen molar-refractivity contribution in [3.05, 3.63) is 28.8 Å². The standard InChI is InChI=1S/C15H20ClNO3/c1-20-13-3-2-12(16)8-11(13)9-14(19)17-10-15(4-5-15)6-7-18/h2-3,8,18H,4-7,9-10H2,1H3,(H,17,19). The lowest BCUT2D eigenvalue weighted by atomic mass is 10.0. The second-order valence-corrected chi connectivity index (χ2v) is 5.82. The van der Waals surface area contributed by atoms with Crippen molar-refractivity contribution < 1.29 is 14.6 Å². The highest BCUT2D eigenvalue weighted by molar-refractivity contribution is 6.30. The fourth-order valence-corrected chi connectivity index (χ4v) is 2.53. The molecule has 0 spiro atoms. The molecular weight excluding hydrogens is 278 g/mol. The van der Waals surface area contributed by atoms with E-state index in [1.54, 1.807) is 25.3 Å². The van der Waals surface area contributed by atoms with Gasteiger partial charge in [0.2, 0.25) is 5.91 Å².